The number of esters is 4. The Morgan fingerprint density at radius 2 is 0.933 bits per heavy atom. The van der Waals surface area contributed by atoms with Gasteiger partial charge in [0.25, 0.3) is 4.70 Å². The third-order valence-electron chi connectivity index (χ3n) is 6.79. The Kier molecular flexibility index (Phi) is 10.0. The van der Waals surface area contributed by atoms with E-state index in [1.165, 1.54) is 36.4 Å². The molecule has 1 saturated heterocycles. The van der Waals surface area contributed by atoms with E-state index in [4.69, 9.17) is 23.7 Å². The molecule has 1 aliphatic rings. The molecule has 0 bridgehead atoms. The first-order valence-corrected chi connectivity index (χ1v) is 14.6. The minimum absolute atomic E-state index is 0.130. The van der Waals surface area contributed by atoms with Gasteiger partial charge in [-0.05, 0) is 64.5 Å². The topological polar surface area (TPSA) is 135 Å². The van der Waals surface area contributed by atoms with Gasteiger partial charge in [-0.2, -0.15) is 0 Å². The number of aliphatic hydroxyl groups is 1. The molecule has 4 aromatic rings. The summed E-state index contributed by atoms with van der Waals surface area (Å²) in [7, 11) is 0. The van der Waals surface area contributed by atoms with E-state index in [-0.39, 0.29) is 22.3 Å². The van der Waals surface area contributed by atoms with E-state index < -0.39 is 59.6 Å². The number of hydrogen-bond donors (Lipinski definition) is 1. The van der Waals surface area contributed by atoms with E-state index in [2.05, 4.69) is 15.9 Å². The van der Waals surface area contributed by atoms with Crippen molar-refractivity contribution in [2.24, 2.45) is 0 Å². The summed E-state index contributed by atoms with van der Waals surface area (Å²) in [4.78, 5) is 52.7. The van der Waals surface area contributed by atoms with Gasteiger partial charge in [0.2, 0.25) is 6.10 Å². The average molecular weight is 675 g/mol. The first kappa shape index (κ1) is 31.6. The van der Waals surface area contributed by atoms with Crippen molar-refractivity contribution < 1.29 is 48.0 Å². The highest BCUT2D eigenvalue weighted by Gasteiger charge is 2.59. The van der Waals surface area contributed by atoms with Crippen LogP contribution in [0.3, 0.4) is 0 Å². The predicted molar refractivity (Wildman–Crippen MR) is 162 cm³/mol. The summed E-state index contributed by atoms with van der Waals surface area (Å²) in [6, 6.07) is 31.9. The monoisotopic (exact) mass is 674 g/mol. The zero-order chi connectivity index (χ0) is 31.8. The number of carbonyl (C=O) groups is 4. The number of hydrogen-bond acceptors (Lipinski definition) is 10. The molecule has 230 valence electrons. The zero-order valence-corrected chi connectivity index (χ0v) is 25.1. The first-order valence-electron chi connectivity index (χ1n) is 13.8. The second kappa shape index (κ2) is 14.3. The molecule has 0 aliphatic carbocycles. The Hall–Kier alpha value is -4.84. The molecule has 0 radical (unpaired) electrons. The molecule has 10 nitrogen and oxygen atoms in total. The van der Waals surface area contributed by atoms with E-state index in [1.807, 2.05) is 0 Å². The highest BCUT2D eigenvalue weighted by molar-refractivity contribution is 9.10. The summed E-state index contributed by atoms with van der Waals surface area (Å²) in [6.45, 7) is -0.548. The summed E-state index contributed by atoms with van der Waals surface area (Å²) in [5, 5.41) is 11.5. The van der Waals surface area contributed by atoms with Crippen molar-refractivity contribution in [3.8, 4) is 0 Å². The lowest BCUT2D eigenvalue weighted by Gasteiger charge is -2.46. The number of carbonyl (C=O) groups excluding carboxylic acids is 4. The first-order chi connectivity index (χ1) is 21.7. The quantitative estimate of drug-likeness (QED) is 0.147. The largest absolute Gasteiger partial charge is 0.459 e. The van der Waals surface area contributed by atoms with Gasteiger partial charge >= 0.3 is 23.9 Å². The molecule has 1 fully saturated rings. The highest BCUT2D eigenvalue weighted by atomic mass is 79.9. The third-order valence-corrected chi connectivity index (χ3v) is 7.43. The van der Waals surface area contributed by atoms with Gasteiger partial charge in [0, 0.05) is 0 Å². The molecule has 0 aromatic heterocycles. The van der Waals surface area contributed by atoms with Crippen LogP contribution in [0, 0.1) is 0 Å². The number of halogens is 1. The van der Waals surface area contributed by atoms with Gasteiger partial charge < -0.3 is 28.8 Å². The van der Waals surface area contributed by atoms with Crippen LogP contribution < -0.4 is 0 Å². The van der Waals surface area contributed by atoms with Gasteiger partial charge in [-0.15, -0.1) is 0 Å². The van der Waals surface area contributed by atoms with E-state index in [1.54, 1.807) is 84.9 Å². The van der Waals surface area contributed by atoms with Gasteiger partial charge in [-0.1, -0.05) is 72.8 Å². The average Bonchev–Trinajstić information content (AvgIpc) is 3.07. The van der Waals surface area contributed by atoms with Crippen LogP contribution in [-0.4, -0.2) is 64.7 Å². The lowest BCUT2D eigenvalue weighted by atomic mass is 9.97. The van der Waals surface area contributed by atoms with E-state index in [0.717, 1.165) is 0 Å². The molecule has 1 heterocycles. The fourth-order valence-electron chi connectivity index (χ4n) is 4.58. The number of rotatable bonds is 9. The molecule has 0 unspecified atom stereocenters. The van der Waals surface area contributed by atoms with Crippen molar-refractivity contribution in [1.82, 2.24) is 0 Å². The maximum atomic E-state index is 13.4. The minimum Gasteiger partial charge on any atom is -0.459 e. The third kappa shape index (κ3) is 7.82. The maximum absolute atomic E-state index is 13.4. The van der Waals surface area contributed by atoms with Crippen LogP contribution in [0.5, 0.6) is 0 Å². The van der Waals surface area contributed by atoms with Crippen molar-refractivity contribution in [2.75, 3.05) is 6.61 Å². The molecule has 0 saturated carbocycles. The normalized spacial score (nSPS) is 22.4. The lowest BCUT2D eigenvalue weighted by Crippen LogP contribution is -2.66. The Balaban J connectivity index is 1.51. The molecule has 4 aromatic carbocycles. The van der Waals surface area contributed by atoms with Crippen LogP contribution in [-0.2, 0) is 23.7 Å². The van der Waals surface area contributed by atoms with Crippen LogP contribution in [0.4, 0.5) is 0 Å². The minimum atomic E-state index is -2.49. The van der Waals surface area contributed by atoms with Gasteiger partial charge in [0.15, 0.2) is 12.2 Å². The van der Waals surface area contributed by atoms with Crippen LogP contribution in [0.2, 0.25) is 0 Å². The van der Waals surface area contributed by atoms with Crippen molar-refractivity contribution in [2.45, 2.75) is 29.1 Å². The molecule has 11 heteroatoms. The second-order valence-electron chi connectivity index (χ2n) is 9.89. The summed E-state index contributed by atoms with van der Waals surface area (Å²) in [6.07, 6.45) is -6.38. The second-order valence-corrected chi connectivity index (χ2v) is 11.0. The predicted octanol–water partition coefficient (Wildman–Crippen LogP) is 4.96. The Labute approximate surface area is 266 Å². The zero-order valence-electron chi connectivity index (χ0n) is 23.6. The molecule has 1 aliphatic heterocycles. The van der Waals surface area contributed by atoms with Gasteiger partial charge in [0.1, 0.15) is 12.7 Å². The van der Waals surface area contributed by atoms with Crippen LogP contribution in [0.1, 0.15) is 41.4 Å². The van der Waals surface area contributed by atoms with Crippen molar-refractivity contribution in [3.05, 3.63) is 144 Å². The van der Waals surface area contributed by atoms with Crippen molar-refractivity contribution in [3.63, 3.8) is 0 Å². The lowest BCUT2D eigenvalue weighted by molar-refractivity contribution is -0.299. The van der Waals surface area contributed by atoms with Crippen LogP contribution >= 0.6 is 15.9 Å². The smallest absolute Gasteiger partial charge is 0.338 e. The summed E-state index contributed by atoms with van der Waals surface area (Å²) in [5.74, 6) is -3.31. The molecule has 1 N–H and O–H groups in total. The summed E-state index contributed by atoms with van der Waals surface area (Å²) in [5.41, 5.74) is 0.659. The van der Waals surface area contributed by atoms with Crippen LogP contribution in [0.25, 0.3) is 0 Å². The Bertz CT molecular complexity index is 1610. The molecule has 0 spiro atoms. The van der Waals surface area contributed by atoms with Gasteiger partial charge in [0.05, 0.1) is 22.3 Å². The van der Waals surface area contributed by atoms with Crippen molar-refractivity contribution in [1.29, 1.82) is 0 Å². The standard InChI is InChI=1S/C34H27BrO10/c35-34(40)29(44-33(39)25-19-11-4-12-20-25)28(43-32(38)24-17-9-3-10-18-24)27(42-31(37)23-15-7-2-8-16-23)26(45-34)21-41-30(36)22-13-5-1-6-14-22/h1-20,26-29,40H,21H2/t26-,27-,28+,29-,34-/m1/s1. The molecule has 5 rings (SSSR count). The van der Waals surface area contributed by atoms with E-state index in [0.29, 0.717) is 0 Å². The number of benzene rings is 4. The highest BCUT2D eigenvalue weighted by Crippen LogP contribution is 2.39. The molecule has 5 atom stereocenters. The molecule has 0 amide bonds. The molecule has 45 heavy (non-hydrogen) atoms. The fraction of sp³-hybridized carbons (Fsp3) is 0.176. The van der Waals surface area contributed by atoms with Crippen molar-refractivity contribution >= 4 is 39.8 Å². The molecular formula is C34H27BrO10. The fourth-order valence-corrected chi connectivity index (χ4v) is 5.17. The van der Waals surface area contributed by atoms with E-state index >= 15 is 0 Å². The SMILES string of the molecule is O=C(OC[C@H]1O[C@@](O)(Br)[C@H](OC(=O)c2ccccc2)[C@@H](OC(=O)c2ccccc2)[C@@H]1OC(=O)c1ccccc1)c1ccccc1. The molecular weight excluding hydrogens is 648 g/mol. The van der Waals surface area contributed by atoms with Crippen LogP contribution in [0.15, 0.2) is 121 Å². The Morgan fingerprint density at radius 3 is 1.36 bits per heavy atom. The summed E-state index contributed by atoms with van der Waals surface area (Å²) >= 11 is 3.06. The summed E-state index contributed by atoms with van der Waals surface area (Å²) < 4.78 is 26.1. The maximum Gasteiger partial charge on any atom is 0.338 e. The Morgan fingerprint density at radius 1 is 0.578 bits per heavy atom. The van der Waals surface area contributed by atoms with Gasteiger partial charge in [-0.3, -0.25) is 0 Å². The number of ether oxygens (including phenoxy) is 5. The van der Waals surface area contributed by atoms with E-state index in [9.17, 15) is 24.3 Å². The number of alkyl halides is 1. The van der Waals surface area contributed by atoms with Gasteiger partial charge in [-0.25, -0.2) is 19.2 Å².